The first-order valence-electron chi connectivity index (χ1n) is 7.41. The van der Waals surface area contributed by atoms with E-state index in [9.17, 15) is 4.79 Å². The highest BCUT2D eigenvalue weighted by atomic mass is 16.1. The van der Waals surface area contributed by atoms with Gasteiger partial charge in [0.1, 0.15) is 0 Å². The molecule has 1 rings (SSSR count). The molecule has 0 atom stereocenters. The summed E-state index contributed by atoms with van der Waals surface area (Å²) in [5.74, 6) is 1.07. The topological polar surface area (TPSA) is 58.4 Å². The van der Waals surface area contributed by atoms with E-state index in [2.05, 4.69) is 17.1 Å². The SMILES string of the molecule is CC1CCN(CCCNC(=O)CCCCN)CC1. The van der Waals surface area contributed by atoms with Gasteiger partial charge in [0.15, 0.2) is 0 Å². The molecule has 18 heavy (non-hydrogen) atoms. The number of piperidine rings is 1. The number of nitrogens with zero attached hydrogens (tertiary/aromatic N) is 1. The van der Waals surface area contributed by atoms with Gasteiger partial charge in [0.2, 0.25) is 5.91 Å². The number of hydrogen-bond acceptors (Lipinski definition) is 3. The number of carbonyl (C=O) groups excluding carboxylic acids is 1. The zero-order valence-electron chi connectivity index (χ0n) is 11.8. The Kier molecular flexibility index (Phi) is 8.01. The summed E-state index contributed by atoms with van der Waals surface area (Å²) < 4.78 is 0. The van der Waals surface area contributed by atoms with Crippen LogP contribution in [0.25, 0.3) is 0 Å². The van der Waals surface area contributed by atoms with Crippen molar-refractivity contribution >= 4 is 5.91 Å². The lowest BCUT2D eigenvalue weighted by atomic mass is 9.99. The second-order valence-corrected chi connectivity index (χ2v) is 5.47. The fourth-order valence-corrected chi connectivity index (χ4v) is 2.33. The van der Waals surface area contributed by atoms with Gasteiger partial charge in [0.05, 0.1) is 0 Å². The minimum atomic E-state index is 0.177. The van der Waals surface area contributed by atoms with Crippen LogP contribution in [0.4, 0.5) is 0 Å². The molecule has 1 amide bonds. The minimum absolute atomic E-state index is 0.177. The number of rotatable bonds is 8. The number of likely N-dealkylation sites (tertiary alicyclic amines) is 1. The number of hydrogen-bond donors (Lipinski definition) is 2. The van der Waals surface area contributed by atoms with Crippen LogP contribution >= 0.6 is 0 Å². The molecule has 0 aromatic rings. The lowest BCUT2D eigenvalue weighted by molar-refractivity contribution is -0.121. The standard InChI is InChI=1S/C14H29N3O/c1-13-6-11-17(12-7-13)10-4-9-16-14(18)5-2-3-8-15/h13H,2-12,15H2,1H3,(H,16,18). The first-order valence-corrected chi connectivity index (χ1v) is 7.41. The lowest BCUT2D eigenvalue weighted by Crippen LogP contribution is -2.35. The van der Waals surface area contributed by atoms with Crippen molar-refractivity contribution in [3.63, 3.8) is 0 Å². The Balaban J connectivity index is 1.93. The molecule has 0 spiro atoms. The number of unbranched alkanes of at least 4 members (excludes halogenated alkanes) is 1. The quantitative estimate of drug-likeness (QED) is 0.644. The molecule has 1 aliphatic rings. The van der Waals surface area contributed by atoms with E-state index in [4.69, 9.17) is 5.73 Å². The number of nitrogens with one attached hydrogen (secondary N) is 1. The van der Waals surface area contributed by atoms with Crippen LogP contribution in [0, 0.1) is 5.92 Å². The Labute approximate surface area is 111 Å². The monoisotopic (exact) mass is 255 g/mol. The maximum absolute atomic E-state index is 11.4. The van der Waals surface area contributed by atoms with Crippen LogP contribution in [-0.4, -0.2) is 43.5 Å². The molecular weight excluding hydrogens is 226 g/mol. The summed E-state index contributed by atoms with van der Waals surface area (Å²) >= 11 is 0. The van der Waals surface area contributed by atoms with E-state index in [0.717, 1.165) is 38.3 Å². The number of amides is 1. The van der Waals surface area contributed by atoms with Crippen molar-refractivity contribution in [2.45, 2.75) is 45.4 Å². The van der Waals surface area contributed by atoms with E-state index in [-0.39, 0.29) is 5.91 Å². The second kappa shape index (κ2) is 9.34. The summed E-state index contributed by atoms with van der Waals surface area (Å²) in [6, 6.07) is 0. The van der Waals surface area contributed by atoms with Crippen LogP contribution in [0.1, 0.15) is 45.4 Å². The van der Waals surface area contributed by atoms with Crippen LogP contribution in [0.3, 0.4) is 0 Å². The largest absolute Gasteiger partial charge is 0.356 e. The molecule has 1 aliphatic heterocycles. The molecule has 0 saturated carbocycles. The van der Waals surface area contributed by atoms with E-state index < -0.39 is 0 Å². The van der Waals surface area contributed by atoms with Gasteiger partial charge in [-0.25, -0.2) is 0 Å². The van der Waals surface area contributed by atoms with Gasteiger partial charge in [-0.1, -0.05) is 6.92 Å². The van der Waals surface area contributed by atoms with Gasteiger partial charge in [0.25, 0.3) is 0 Å². The summed E-state index contributed by atoms with van der Waals surface area (Å²) in [5, 5.41) is 2.98. The smallest absolute Gasteiger partial charge is 0.219 e. The van der Waals surface area contributed by atoms with Crippen LogP contribution < -0.4 is 11.1 Å². The van der Waals surface area contributed by atoms with Crippen molar-refractivity contribution in [1.82, 2.24) is 10.2 Å². The molecule has 0 aromatic heterocycles. The Morgan fingerprint density at radius 1 is 1.28 bits per heavy atom. The molecule has 0 bridgehead atoms. The predicted octanol–water partition coefficient (Wildman–Crippen LogP) is 1.35. The highest BCUT2D eigenvalue weighted by Crippen LogP contribution is 2.15. The summed E-state index contributed by atoms with van der Waals surface area (Å²) in [6.45, 7) is 7.40. The molecular formula is C14H29N3O. The number of carbonyl (C=O) groups is 1. The highest BCUT2D eigenvalue weighted by Gasteiger charge is 2.14. The van der Waals surface area contributed by atoms with Crippen LogP contribution in [0.15, 0.2) is 0 Å². The van der Waals surface area contributed by atoms with Crippen molar-refractivity contribution in [3.8, 4) is 0 Å². The van der Waals surface area contributed by atoms with Gasteiger partial charge in [-0.05, 0) is 64.2 Å². The van der Waals surface area contributed by atoms with E-state index in [0.29, 0.717) is 13.0 Å². The molecule has 3 N–H and O–H groups in total. The molecule has 0 unspecified atom stereocenters. The zero-order chi connectivity index (χ0) is 13.2. The van der Waals surface area contributed by atoms with E-state index in [1.165, 1.54) is 25.9 Å². The van der Waals surface area contributed by atoms with Crippen molar-refractivity contribution in [1.29, 1.82) is 0 Å². The average molecular weight is 255 g/mol. The Hall–Kier alpha value is -0.610. The second-order valence-electron chi connectivity index (χ2n) is 5.47. The van der Waals surface area contributed by atoms with Crippen LogP contribution in [-0.2, 0) is 4.79 Å². The molecule has 106 valence electrons. The van der Waals surface area contributed by atoms with Crippen molar-refractivity contribution in [2.75, 3.05) is 32.7 Å². The maximum atomic E-state index is 11.4. The molecule has 0 radical (unpaired) electrons. The van der Waals surface area contributed by atoms with Gasteiger partial charge in [-0.3, -0.25) is 4.79 Å². The third-order valence-corrected chi connectivity index (χ3v) is 3.71. The fourth-order valence-electron chi connectivity index (χ4n) is 2.33. The van der Waals surface area contributed by atoms with Crippen molar-refractivity contribution < 1.29 is 4.79 Å². The molecule has 0 aromatic carbocycles. The molecule has 0 aliphatic carbocycles. The van der Waals surface area contributed by atoms with Crippen LogP contribution in [0.2, 0.25) is 0 Å². The lowest BCUT2D eigenvalue weighted by Gasteiger charge is -2.30. The summed E-state index contributed by atoms with van der Waals surface area (Å²) in [7, 11) is 0. The fraction of sp³-hybridized carbons (Fsp3) is 0.929. The van der Waals surface area contributed by atoms with Crippen molar-refractivity contribution in [3.05, 3.63) is 0 Å². The van der Waals surface area contributed by atoms with Crippen LogP contribution in [0.5, 0.6) is 0 Å². The number of nitrogens with two attached hydrogens (primary N) is 1. The summed E-state index contributed by atoms with van der Waals surface area (Å²) in [6.07, 6.45) is 6.19. The van der Waals surface area contributed by atoms with Gasteiger partial charge in [0, 0.05) is 13.0 Å². The zero-order valence-corrected chi connectivity index (χ0v) is 11.8. The summed E-state index contributed by atoms with van der Waals surface area (Å²) in [4.78, 5) is 14.0. The van der Waals surface area contributed by atoms with Gasteiger partial charge in [-0.2, -0.15) is 0 Å². The van der Waals surface area contributed by atoms with Gasteiger partial charge < -0.3 is 16.0 Å². The first-order chi connectivity index (χ1) is 8.72. The normalized spacial score (nSPS) is 17.9. The highest BCUT2D eigenvalue weighted by molar-refractivity contribution is 5.75. The molecule has 1 fully saturated rings. The first kappa shape index (κ1) is 15.4. The van der Waals surface area contributed by atoms with E-state index in [1.54, 1.807) is 0 Å². The Morgan fingerprint density at radius 3 is 2.67 bits per heavy atom. The van der Waals surface area contributed by atoms with Crippen molar-refractivity contribution in [2.24, 2.45) is 11.7 Å². The molecule has 1 heterocycles. The van der Waals surface area contributed by atoms with E-state index >= 15 is 0 Å². The summed E-state index contributed by atoms with van der Waals surface area (Å²) in [5.41, 5.74) is 5.39. The third kappa shape index (κ3) is 6.97. The van der Waals surface area contributed by atoms with Gasteiger partial charge in [-0.15, -0.1) is 0 Å². The third-order valence-electron chi connectivity index (χ3n) is 3.71. The molecule has 4 nitrogen and oxygen atoms in total. The Morgan fingerprint density at radius 2 is 2.00 bits per heavy atom. The minimum Gasteiger partial charge on any atom is -0.356 e. The maximum Gasteiger partial charge on any atom is 0.219 e. The predicted molar refractivity (Wildman–Crippen MR) is 75.4 cm³/mol. The Bertz CT molecular complexity index is 225. The van der Waals surface area contributed by atoms with E-state index in [1.807, 2.05) is 0 Å². The van der Waals surface area contributed by atoms with Gasteiger partial charge >= 0.3 is 0 Å². The molecule has 4 heteroatoms. The molecule has 1 saturated heterocycles. The average Bonchev–Trinajstić information content (AvgIpc) is 2.37.